The van der Waals surface area contributed by atoms with E-state index in [1.165, 1.54) is 19.1 Å². The lowest BCUT2D eigenvalue weighted by Gasteiger charge is -2.12. The van der Waals surface area contributed by atoms with E-state index < -0.39 is 4.92 Å². The summed E-state index contributed by atoms with van der Waals surface area (Å²) >= 11 is 0. The van der Waals surface area contributed by atoms with E-state index in [9.17, 15) is 14.9 Å². The second-order valence-electron chi connectivity index (χ2n) is 5.56. The number of carbonyl (C=O) groups is 1. The molecule has 0 N–H and O–H groups in total. The number of hydrogen-bond acceptors (Lipinski definition) is 3. The predicted octanol–water partition coefficient (Wildman–Crippen LogP) is 4.56. The number of nitro groups is 1. The number of benzene rings is 2. The van der Waals surface area contributed by atoms with Gasteiger partial charge in [0.15, 0.2) is 5.78 Å². The van der Waals surface area contributed by atoms with Crippen molar-refractivity contribution >= 4 is 11.5 Å². The highest BCUT2D eigenvalue weighted by Crippen LogP contribution is 2.31. The summed E-state index contributed by atoms with van der Waals surface area (Å²) in [6.45, 7) is 3.40. The third-order valence-electron chi connectivity index (χ3n) is 3.99. The second kappa shape index (κ2) is 6.12. The van der Waals surface area contributed by atoms with Gasteiger partial charge in [0.05, 0.1) is 10.6 Å². The highest BCUT2D eigenvalue weighted by molar-refractivity contribution is 5.97. The van der Waals surface area contributed by atoms with Crippen molar-refractivity contribution in [3.8, 4) is 16.9 Å². The molecule has 0 aliphatic rings. The third-order valence-corrected chi connectivity index (χ3v) is 3.99. The average Bonchev–Trinajstić information content (AvgIpc) is 2.93. The van der Waals surface area contributed by atoms with Gasteiger partial charge in [-0.3, -0.25) is 14.9 Å². The van der Waals surface area contributed by atoms with Gasteiger partial charge in [-0.2, -0.15) is 0 Å². The lowest BCUT2D eigenvalue weighted by Crippen LogP contribution is -2.01. The van der Waals surface area contributed by atoms with E-state index in [4.69, 9.17) is 0 Å². The molecule has 0 unspecified atom stereocenters. The van der Waals surface area contributed by atoms with Crippen molar-refractivity contribution in [1.82, 2.24) is 4.57 Å². The third kappa shape index (κ3) is 2.72. The maximum atomic E-state index is 11.9. The van der Waals surface area contributed by atoms with Gasteiger partial charge >= 0.3 is 0 Å². The number of aromatic nitrogens is 1. The van der Waals surface area contributed by atoms with Crippen LogP contribution < -0.4 is 0 Å². The van der Waals surface area contributed by atoms with Crippen LogP contribution in [0.25, 0.3) is 16.9 Å². The van der Waals surface area contributed by atoms with E-state index >= 15 is 0 Å². The average molecular weight is 320 g/mol. The standard InChI is InChI=1S/C19H16N2O3/c1-13-18(14(2)22)12-19(20(13)16-8-4-3-5-9-16)15-7-6-10-17(11-15)21(23)24/h3-12H,1-2H3. The lowest BCUT2D eigenvalue weighted by molar-refractivity contribution is -0.384. The largest absolute Gasteiger partial charge is 0.313 e. The van der Waals surface area contributed by atoms with Gasteiger partial charge in [0.2, 0.25) is 0 Å². The van der Waals surface area contributed by atoms with Crippen molar-refractivity contribution in [3.63, 3.8) is 0 Å². The van der Waals surface area contributed by atoms with Gasteiger partial charge in [-0.1, -0.05) is 30.3 Å². The maximum Gasteiger partial charge on any atom is 0.270 e. The number of carbonyl (C=O) groups excluding carboxylic acids is 1. The van der Waals surface area contributed by atoms with Gasteiger partial charge in [0.25, 0.3) is 5.69 Å². The molecule has 24 heavy (non-hydrogen) atoms. The molecule has 1 heterocycles. The molecule has 0 bridgehead atoms. The van der Waals surface area contributed by atoms with Gasteiger partial charge < -0.3 is 4.57 Å². The van der Waals surface area contributed by atoms with Crippen molar-refractivity contribution in [2.75, 3.05) is 0 Å². The number of hydrogen-bond donors (Lipinski definition) is 0. The summed E-state index contributed by atoms with van der Waals surface area (Å²) in [5, 5.41) is 11.1. The topological polar surface area (TPSA) is 65.1 Å². The highest BCUT2D eigenvalue weighted by Gasteiger charge is 2.18. The highest BCUT2D eigenvalue weighted by atomic mass is 16.6. The van der Waals surface area contributed by atoms with Crippen LogP contribution in [0.2, 0.25) is 0 Å². The molecular formula is C19H16N2O3. The summed E-state index contributed by atoms with van der Waals surface area (Å²) in [4.78, 5) is 22.6. The molecular weight excluding hydrogens is 304 g/mol. The molecule has 0 saturated carbocycles. The predicted molar refractivity (Wildman–Crippen MR) is 92.6 cm³/mol. The van der Waals surface area contributed by atoms with Gasteiger partial charge in [0, 0.05) is 34.6 Å². The monoisotopic (exact) mass is 320 g/mol. The molecule has 2 aromatic carbocycles. The van der Waals surface area contributed by atoms with E-state index in [0.717, 1.165) is 17.1 Å². The van der Waals surface area contributed by atoms with Crippen LogP contribution in [0.4, 0.5) is 5.69 Å². The zero-order valence-electron chi connectivity index (χ0n) is 13.4. The summed E-state index contributed by atoms with van der Waals surface area (Å²) in [6, 6.07) is 17.9. The Balaban J connectivity index is 2.28. The van der Waals surface area contributed by atoms with E-state index in [2.05, 4.69) is 0 Å². The Labute approximate surface area is 139 Å². The van der Waals surface area contributed by atoms with Gasteiger partial charge in [0.1, 0.15) is 0 Å². The molecule has 0 aliphatic heterocycles. The number of non-ortho nitro benzene ring substituents is 1. The van der Waals surface area contributed by atoms with E-state index in [1.54, 1.807) is 12.1 Å². The first-order chi connectivity index (χ1) is 11.5. The fraction of sp³-hybridized carbons (Fsp3) is 0.105. The van der Waals surface area contributed by atoms with Crippen LogP contribution in [0.1, 0.15) is 23.0 Å². The first-order valence-corrected chi connectivity index (χ1v) is 7.52. The minimum atomic E-state index is -0.419. The summed E-state index contributed by atoms with van der Waals surface area (Å²) in [5.41, 5.74) is 3.81. The Kier molecular flexibility index (Phi) is 4.00. The van der Waals surface area contributed by atoms with Crippen molar-refractivity contribution in [1.29, 1.82) is 0 Å². The van der Waals surface area contributed by atoms with Crippen LogP contribution in [-0.2, 0) is 0 Å². The zero-order valence-corrected chi connectivity index (χ0v) is 13.4. The second-order valence-corrected chi connectivity index (χ2v) is 5.56. The molecule has 0 aliphatic carbocycles. The lowest BCUT2D eigenvalue weighted by atomic mass is 10.1. The molecule has 0 atom stereocenters. The number of ketones is 1. The van der Waals surface area contributed by atoms with Gasteiger partial charge in [-0.25, -0.2) is 0 Å². The minimum absolute atomic E-state index is 0.0235. The van der Waals surface area contributed by atoms with Crippen LogP contribution in [0, 0.1) is 17.0 Å². The molecule has 3 rings (SSSR count). The molecule has 0 fully saturated rings. The van der Waals surface area contributed by atoms with Crippen LogP contribution in [-0.4, -0.2) is 15.3 Å². The number of nitrogens with zero attached hydrogens (tertiary/aromatic N) is 2. The first-order valence-electron chi connectivity index (χ1n) is 7.52. The quantitative estimate of drug-likeness (QED) is 0.402. The molecule has 120 valence electrons. The van der Waals surface area contributed by atoms with Gasteiger partial charge in [-0.05, 0) is 32.0 Å². The fourth-order valence-corrected chi connectivity index (χ4v) is 2.86. The fourth-order valence-electron chi connectivity index (χ4n) is 2.86. The van der Waals surface area contributed by atoms with Crippen molar-refractivity contribution in [2.45, 2.75) is 13.8 Å². The molecule has 0 amide bonds. The first kappa shape index (κ1) is 15.7. The molecule has 0 spiro atoms. The maximum absolute atomic E-state index is 11.9. The van der Waals surface area contributed by atoms with Crippen LogP contribution in [0.5, 0.6) is 0 Å². The van der Waals surface area contributed by atoms with E-state index in [1.807, 2.05) is 47.9 Å². The molecule has 0 saturated heterocycles. The summed E-state index contributed by atoms with van der Waals surface area (Å²) in [7, 11) is 0. The van der Waals surface area contributed by atoms with Crippen LogP contribution in [0.15, 0.2) is 60.7 Å². The Bertz CT molecular complexity index is 927. The minimum Gasteiger partial charge on any atom is -0.313 e. The van der Waals surface area contributed by atoms with Crippen molar-refractivity contribution < 1.29 is 9.72 Å². The number of Topliss-reactive ketones (excluding diaryl/α,β-unsaturated/α-hetero) is 1. The molecule has 5 nitrogen and oxygen atoms in total. The Morgan fingerprint density at radius 2 is 1.75 bits per heavy atom. The summed E-state index contributed by atoms with van der Waals surface area (Å²) in [5.74, 6) is -0.0335. The molecule has 0 radical (unpaired) electrons. The molecule has 1 aromatic heterocycles. The zero-order chi connectivity index (χ0) is 17.3. The van der Waals surface area contributed by atoms with E-state index in [0.29, 0.717) is 11.1 Å². The summed E-state index contributed by atoms with van der Waals surface area (Å²) < 4.78 is 1.95. The smallest absolute Gasteiger partial charge is 0.270 e. The normalized spacial score (nSPS) is 10.6. The SMILES string of the molecule is CC(=O)c1cc(-c2cccc([N+](=O)[O-])c2)n(-c2ccccc2)c1C. The number of para-hydroxylation sites is 1. The van der Waals surface area contributed by atoms with E-state index in [-0.39, 0.29) is 11.5 Å². The number of rotatable bonds is 4. The Hall–Kier alpha value is -3.21. The Morgan fingerprint density at radius 3 is 2.38 bits per heavy atom. The number of nitro benzene ring substituents is 1. The summed E-state index contributed by atoms with van der Waals surface area (Å²) in [6.07, 6.45) is 0. The van der Waals surface area contributed by atoms with Crippen molar-refractivity contribution in [2.24, 2.45) is 0 Å². The Morgan fingerprint density at radius 1 is 1.04 bits per heavy atom. The van der Waals surface area contributed by atoms with Crippen molar-refractivity contribution in [3.05, 3.63) is 82.0 Å². The van der Waals surface area contributed by atoms with Crippen LogP contribution in [0.3, 0.4) is 0 Å². The van der Waals surface area contributed by atoms with Gasteiger partial charge in [-0.15, -0.1) is 0 Å². The molecule has 3 aromatic rings. The molecule has 5 heteroatoms. The van der Waals surface area contributed by atoms with Crippen LogP contribution >= 0.6 is 0 Å².